The zero-order valence-corrected chi connectivity index (χ0v) is 11.6. The molecule has 0 aliphatic carbocycles. The largest absolute Gasteiger partial charge is 0.455 e. The van der Waals surface area contributed by atoms with Gasteiger partial charge < -0.3 is 4.42 Å². The SMILES string of the molecule is Cc1ccc2oc(-c3ccccc3)c(I)c2c1. The van der Waals surface area contributed by atoms with Gasteiger partial charge in [0, 0.05) is 10.9 Å². The Labute approximate surface area is 114 Å². The van der Waals surface area contributed by atoms with Crippen molar-refractivity contribution in [1.29, 1.82) is 0 Å². The molecule has 1 heterocycles. The van der Waals surface area contributed by atoms with Gasteiger partial charge in [-0.3, -0.25) is 0 Å². The summed E-state index contributed by atoms with van der Waals surface area (Å²) in [5, 5.41) is 1.20. The van der Waals surface area contributed by atoms with Crippen LogP contribution < -0.4 is 0 Å². The minimum atomic E-state index is 0.957. The van der Waals surface area contributed by atoms with Gasteiger partial charge in [0.2, 0.25) is 0 Å². The summed E-state index contributed by atoms with van der Waals surface area (Å²) in [5.41, 5.74) is 3.35. The molecule has 0 atom stereocenters. The van der Waals surface area contributed by atoms with E-state index in [-0.39, 0.29) is 0 Å². The molecule has 0 saturated heterocycles. The second kappa shape index (κ2) is 4.18. The van der Waals surface area contributed by atoms with E-state index in [9.17, 15) is 0 Å². The second-order valence-corrected chi connectivity index (χ2v) is 5.19. The van der Waals surface area contributed by atoms with E-state index in [2.05, 4.69) is 53.8 Å². The van der Waals surface area contributed by atoms with Gasteiger partial charge in [-0.05, 0) is 41.6 Å². The first kappa shape index (κ1) is 10.8. The molecule has 84 valence electrons. The Kier molecular flexibility index (Phi) is 2.67. The molecular weight excluding hydrogens is 323 g/mol. The third-order valence-corrected chi connectivity index (χ3v) is 3.89. The first-order chi connectivity index (χ1) is 8.25. The number of rotatable bonds is 1. The van der Waals surface area contributed by atoms with Crippen LogP contribution in [0.15, 0.2) is 52.9 Å². The molecule has 2 aromatic carbocycles. The van der Waals surface area contributed by atoms with Crippen LogP contribution in [0.25, 0.3) is 22.3 Å². The smallest absolute Gasteiger partial charge is 0.148 e. The standard InChI is InChI=1S/C15H11IO/c1-10-7-8-13-12(9-10)14(16)15(17-13)11-5-3-2-4-6-11/h2-9H,1H3. The van der Waals surface area contributed by atoms with E-state index in [0.29, 0.717) is 0 Å². The van der Waals surface area contributed by atoms with Crippen LogP contribution in [0, 0.1) is 10.5 Å². The van der Waals surface area contributed by atoms with Gasteiger partial charge >= 0.3 is 0 Å². The number of halogens is 1. The monoisotopic (exact) mass is 334 g/mol. The molecule has 0 bridgehead atoms. The summed E-state index contributed by atoms with van der Waals surface area (Å²) in [6.07, 6.45) is 0. The Morgan fingerprint density at radius 1 is 1.00 bits per heavy atom. The van der Waals surface area contributed by atoms with Crippen LogP contribution in [0.5, 0.6) is 0 Å². The predicted molar refractivity (Wildman–Crippen MR) is 79.1 cm³/mol. The number of furan rings is 1. The number of fused-ring (bicyclic) bond motifs is 1. The van der Waals surface area contributed by atoms with Gasteiger partial charge in [0.1, 0.15) is 11.3 Å². The average Bonchev–Trinajstić information content (AvgIpc) is 2.68. The van der Waals surface area contributed by atoms with Gasteiger partial charge in [-0.2, -0.15) is 0 Å². The van der Waals surface area contributed by atoms with Crippen molar-refractivity contribution < 1.29 is 4.42 Å². The zero-order valence-electron chi connectivity index (χ0n) is 9.41. The van der Waals surface area contributed by atoms with E-state index in [1.54, 1.807) is 0 Å². The van der Waals surface area contributed by atoms with E-state index in [1.807, 2.05) is 24.3 Å². The lowest BCUT2D eigenvalue weighted by molar-refractivity contribution is 0.629. The highest BCUT2D eigenvalue weighted by Crippen LogP contribution is 2.34. The summed E-state index contributed by atoms with van der Waals surface area (Å²) in [4.78, 5) is 0. The molecule has 1 aromatic heterocycles. The molecule has 17 heavy (non-hydrogen) atoms. The van der Waals surface area contributed by atoms with Crippen LogP contribution in [0.2, 0.25) is 0 Å². The Hall–Kier alpha value is -1.29. The first-order valence-corrected chi connectivity index (χ1v) is 6.57. The van der Waals surface area contributed by atoms with E-state index in [0.717, 1.165) is 16.9 Å². The number of aryl methyl sites for hydroxylation is 1. The lowest BCUT2D eigenvalue weighted by atomic mass is 10.1. The molecule has 0 radical (unpaired) electrons. The predicted octanol–water partition coefficient (Wildman–Crippen LogP) is 5.01. The third kappa shape index (κ3) is 1.86. The maximum atomic E-state index is 5.93. The minimum Gasteiger partial charge on any atom is -0.455 e. The molecule has 0 aliphatic heterocycles. The van der Waals surface area contributed by atoms with Crippen molar-refractivity contribution in [3.63, 3.8) is 0 Å². The maximum absolute atomic E-state index is 5.93. The normalized spacial score (nSPS) is 10.9. The van der Waals surface area contributed by atoms with Gasteiger partial charge in [-0.1, -0.05) is 42.0 Å². The quantitative estimate of drug-likeness (QED) is 0.570. The molecule has 0 amide bonds. The molecule has 1 nitrogen and oxygen atoms in total. The van der Waals surface area contributed by atoms with Crippen LogP contribution in [0.3, 0.4) is 0 Å². The van der Waals surface area contributed by atoms with Gasteiger partial charge in [-0.15, -0.1) is 0 Å². The fourth-order valence-electron chi connectivity index (χ4n) is 1.96. The number of hydrogen-bond donors (Lipinski definition) is 0. The molecule has 0 N–H and O–H groups in total. The molecule has 2 heteroatoms. The van der Waals surface area contributed by atoms with E-state index >= 15 is 0 Å². The van der Waals surface area contributed by atoms with E-state index in [1.165, 1.54) is 14.5 Å². The first-order valence-electron chi connectivity index (χ1n) is 5.50. The average molecular weight is 334 g/mol. The van der Waals surface area contributed by atoms with Crippen LogP contribution in [-0.4, -0.2) is 0 Å². The van der Waals surface area contributed by atoms with Crippen molar-refractivity contribution in [2.24, 2.45) is 0 Å². The highest BCUT2D eigenvalue weighted by molar-refractivity contribution is 14.1. The minimum absolute atomic E-state index is 0.957. The summed E-state index contributed by atoms with van der Waals surface area (Å²) >= 11 is 2.36. The highest BCUT2D eigenvalue weighted by Gasteiger charge is 2.12. The van der Waals surface area contributed by atoms with E-state index in [4.69, 9.17) is 4.42 Å². The molecule has 0 aliphatic rings. The summed E-state index contributed by atoms with van der Waals surface area (Å²) in [7, 11) is 0. The summed E-state index contributed by atoms with van der Waals surface area (Å²) in [6, 6.07) is 16.5. The Morgan fingerprint density at radius 2 is 1.76 bits per heavy atom. The van der Waals surface area contributed by atoms with Crippen molar-refractivity contribution in [2.45, 2.75) is 6.92 Å². The van der Waals surface area contributed by atoms with Crippen molar-refractivity contribution in [3.8, 4) is 11.3 Å². The zero-order chi connectivity index (χ0) is 11.8. The van der Waals surface area contributed by atoms with Gasteiger partial charge in [0.05, 0.1) is 3.57 Å². The Morgan fingerprint density at radius 3 is 2.53 bits per heavy atom. The van der Waals surface area contributed by atoms with Crippen LogP contribution >= 0.6 is 22.6 Å². The number of benzene rings is 2. The molecule has 0 spiro atoms. The lowest BCUT2D eigenvalue weighted by Crippen LogP contribution is -1.76. The summed E-state index contributed by atoms with van der Waals surface area (Å²) < 4.78 is 7.12. The molecule has 0 fully saturated rings. The molecule has 0 saturated carbocycles. The molecule has 0 unspecified atom stereocenters. The van der Waals surface area contributed by atoms with Crippen molar-refractivity contribution >= 4 is 33.6 Å². The maximum Gasteiger partial charge on any atom is 0.148 e. The Bertz CT molecular complexity index is 668. The van der Waals surface area contributed by atoms with Gasteiger partial charge in [0.25, 0.3) is 0 Å². The molecule has 3 rings (SSSR count). The van der Waals surface area contributed by atoms with Gasteiger partial charge in [-0.25, -0.2) is 0 Å². The van der Waals surface area contributed by atoms with Crippen LogP contribution in [0.4, 0.5) is 0 Å². The summed E-state index contributed by atoms with van der Waals surface area (Å²) in [5.74, 6) is 0.965. The fourth-order valence-corrected chi connectivity index (χ4v) is 2.80. The summed E-state index contributed by atoms with van der Waals surface area (Å²) in [6.45, 7) is 2.10. The van der Waals surface area contributed by atoms with E-state index < -0.39 is 0 Å². The molecule has 3 aromatic rings. The van der Waals surface area contributed by atoms with Gasteiger partial charge in [0.15, 0.2) is 0 Å². The number of hydrogen-bond acceptors (Lipinski definition) is 1. The second-order valence-electron chi connectivity index (χ2n) is 4.11. The van der Waals surface area contributed by atoms with Crippen LogP contribution in [-0.2, 0) is 0 Å². The van der Waals surface area contributed by atoms with Crippen molar-refractivity contribution in [3.05, 3.63) is 57.7 Å². The third-order valence-electron chi connectivity index (χ3n) is 2.82. The Balaban J connectivity index is 2.28. The van der Waals surface area contributed by atoms with Crippen molar-refractivity contribution in [2.75, 3.05) is 0 Å². The van der Waals surface area contributed by atoms with Crippen molar-refractivity contribution in [1.82, 2.24) is 0 Å². The molecular formula is C15H11IO. The highest BCUT2D eigenvalue weighted by atomic mass is 127. The fraction of sp³-hybridized carbons (Fsp3) is 0.0667. The van der Waals surface area contributed by atoms with Crippen LogP contribution in [0.1, 0.15) is 5.56 Å². The topological polar surface area (TPSA) is 13.1 Å². The lowest BCUT2D eigenvalue weighted by Gasteiger charge is -1.96.